The number of hydrogen-bond acceptors (Lipinski definition) is 2. The lowest BCUT2D eigenvalue weighted by molar-refractivity contribution is 0.591. The second-order valence-electron chi connectivity index (χ2n) is 16.0. The van der Waals surface area contributed by atoms with E-state index in [0.29, 0.717) is 5.92 Å². The average molecular weight is 684 g/mol. The van der Waals surface area contributed by atoms with Gasteiger partial charge in [0.25, 0.3) is 6.71 Å². The summed E-state index contributed by atoms with van der Waals surface area (Å²) in [5.41, 5.74) is 17.5. The number of para-hydroxylation sites is 4. The number of aromatic nitrogens is 1. The molecule has 3 heterocycles. The second kappa shape index (κ2) is 11.8. The number of anilines is 6. The maximum atomic E-state index is 2.51. The highest BCUT2D eigenvalue weighted by molar-refractivity contribution is 7.00. The highest BCUT2D eigenvalue weighted by atomic mass is 15.2. The molecular weight excluding hydrogens is 641 g/mol. The van der Waals surface area contributed by atoms with E-state index in [4.69, 9.17) is 0 Å². The number of nitrogens with zero attached hydrogens (tertiary/aromatic N) is 3. The van der Waals surface area contributed by atoms with Gasteiger partial charge in [0.15, 0.2) is 0 Å². The van der Waals surface area contributed by atoms with Crippen molar-refractivity contribution in [1.29, 1.82) is 0 Å². The Bertz CT molecular complexity index is 2590. The first kappa shape index (κ1) is 31.7. The van der Waals surface area contributed by atoms with Gasteiger partial charge in [-0.15, -0.1) is 0 Å². The van der Waals surface area contributed by atoms with Crippen LogP contribution in [0.25, 0.3) is 27.5 Å². The third-order valence-corrected chi connectivity index (χ3v) is 11.5. The fourth-order valence-corrected chi connectivity index (χ4v) is 8.87. The van der Waals surface area contributed by atoms with Crippen LogP contribution in [0.2, 0.25) is 0 Å². The zero-order valence-corrected chi connectivity index (χ0v) is 31.0. The van der Waals surface area contributed by atoms with E-state index >= 15 is 0 Å². The molecule has 0 amide bonds. The van der Waals surface area contributed by atoms with Gasteiger partial charge >= 0.3 is 0 Å². The zero-order valence-electron chi connectivity index (χ0n) is 31.0. The Balaban J connectivity index is 1.35. The van der Waals surface area contributed by atoms with Crippen LogP contribution in [0.1, 0.15) is 51.7 Å². The Hall–Kier alpha value is -6.00. The average Bonchev–Trinajstić information content (AvgIpc) is 3.51. The van der Waals surface area contributed by atoms with Crippen molar-refractivity contribution in [1.82, 2.24) is 4.57 Å². The second-order valence-corrected chi connectivity index (χ2v) is 16.0. The quantitative estimate of drug-likeness (QED) is 0.171. The van der Waals surface area contributed by atoms with Crippen LogP contribution in [0.4, 0.5) is 34.1 Å². The molecule has 0 saturated carbocycles. The summed E-state index contributed by atoms with van der Waals surface area (Å²) in [6.45, 7) is 11.6. The molecule has 3 nitrogen and oxygen atoms in total. The van der Waals surface area contributed by atoms with Gasteiger partial charge in [0.05, 0.1) is 16.7 Å². The van der Waals surface area contributed by atoms with E-state index in [-0.39, 0.29) is 12.1 Å². The van der Waals surface area contributed by atoms with E-state index in [9.17, 15) is 0 Å². The number of fused-ring (bicyclic) bond motifs is 7. The molecule has 0 radical (unpaired) electrons. The largest absolute Gasteiger partial charge is 0.311 e. The molecule has 0 fully saturated rings. The van der Waals surface area contributed by atoms with E-state index in [1.165, 1.54) is 72.1 Å². The van der Waals surface area contributed by atoms with Gasteiger partial charge < -0.3 is 14.4 Å². The van der Waals surface area contributed by atoms with Crippen molar-refractivity contribution < 1.29 is 0 Å². The summed E-state index contributed by atoms with van der Waals surface area (Å²) in [7, 11) is 0. The van der Waals surface area contributed by atoms with E-state index in [1.807, 2.05) is 0 Å². The van der Waals surface area contributed by atoms with Crippen LogP contribution < -0.4 is 26.2 Å². The SMILES string of the molecule is CC(C)c1ccc2c(c1)c1cc(C(C)(C)C)ccc1n2-c1cc2c3c(c1)N(c1ccccc1)c1ccccc1B3c1ccccc1N2c1ccccc1. The van der Waals surface area contributed by atoms with Gasteiger partial charge in [-0.05, 0) is 112 Å². The van der Waals surface area contributed by atoms with Crippen molar-refractivity contribution in [3.05, 3.63) is 169 Å². The molecule has 0 saturated heterocycles. The molecule has 7 aromatic carbocycles. The van der Waals surface area contributed by atoms with Gasteiger partial charge in [0, 0.05) is 44.9 Å². The van der Waals surface area contributed by atoms with Gasteiger partial charge in [0.1, 0.15) is 0 Å². The maximum absolute atomic E-state index is 2.51. The predicted molar refractivity (Wildman–Crippen MR) is 228 cm³/mol. The fourth-order valence-electron chi connectivity index (χ4n) is 8.87. The molecule has 1 aromatic heterocycles. The lowest BCUT2D eigenvalue weighted by Gasteiger charge is -2.44. The fraction of sp³-hybridized carbons (Fsp3) is 0.143. The lowest BCUT2D eigenvalue weighted by atomic mass is 9.33. The van der Waals surface area contributed by atoms with Crippen LogP contribution in [0.3, 0.4) is 0 Å². The topological polar surface area (TPSA) is 11.4 Å². The molecule has 0 N–H and O–H groups in total. The van der Waals surface area contributed by atoms with Crippen molar-refractivity contribution in [2.24, 2.45) is 0 Å². The first-order chi connectivity index (χ1) is 25.8. The Morgan fingerprint density at radius 1 is 0.472 bits per heavy atom. The third-order valence-electron chi connectivity index (χ3n) is 11.5. The Labute approximate surface area is 312 Å². The summed E-state index contributed by atoms with van der Waals surface area (Å²) < 4.78 is 2.51. The number of rotatable bonds is 4. The number of hydrogen-bond donors (Lipinski definition) is 0. The summed E-state index contributed by atoms with van der Waals surface area (Å²) in [6.07, 6.45) is 0. The van der Waals surface area contributed by atoms with Crippen LogP contribution >= 0.6 is 0 Å². The van der Waals surface area contributed by atoms with Gasteiger partial charge in [0.2, 0.25) is 0 Å². The minimum absolute atomic E-state index is 0.0381. The summed E-state index contributed by atoms with van der Waals surface area (Å²) in [5.74, 6) is 0.438. The summed E-state index contributed by atoms with van der Waals surface area (Å²) in [5, 5.41) is 2.60. The smallest absolute Gasteiger partial charge is 0.252 e. The molecule has 53 heavy (non-hydrogen) atoms. The van der Waals surface area contributed by atoms with Crippen molar-refractivity contribution in [2.45, 2.75) is 46.0 Å². The highest BCUT2D eigenvalue weighted by Crippen LogP contribution is 2.46. The monoisotopic (exact) mass is 683 g/mol. The van der Waals surface area contributed by atoms with E-state index in [0.717, 1.165) is 17.1 Å². The van der Waals surface area contributed by atoms with Crippen molar-refractivity contribution in [3.8, 4) is 5.69 Å². The first-order valence-corrected chi connectivity index (χ1v) is 18.9. The first-order valence-electron chi connectivity index (χ1n) is 18.9. The maximum Gasteiger partial charge on any atom is 0.252 e. The molecule has 256 valence electrons. The normalized spacial score (nSPS) is 13.4. The molecule has 0 aliphatic carbocycles. The molecular formula is C49H42BN3. The van der Waals surface area contributed by atoms with Crippen LogP contribution in [0.5, 0.6) is 0 Å². The van der Waals surface area contributed by atoms with Crippen LogP contribution in [0, 0.1) is 0 Å². The van der Waals surface area contributed by atoms with Crippen molar-refractivity contribution in [3.63, 3.8) is 0 Å². The van der Waals surface area contributed by atoms with E-state index < -0.39 is 0 Å². The summed E-state index contributed by atoms with van der Waals surface area (Å²) in [6, 6.07) is 58.9. The lowest BCUT2D eigenvalue weighted by Crippen LogP contribution is -2.61. The molecule has 2 aliphatic rings. The van der Waals surface area contributed by atoms with Crippen LogP contribution in [-0.2, 0) is 5.41 Å². The molecule has 0 bridgehead atoms. The predicted octanol–water partition coefficient (Wildman–Crippen LogP) is 11.3. The molecule has 0 atom stereocenters. The van der Waals surface area contributed by atoms with Crippen molar-refractivity contribution in [2.75, 3.05) is 9.80 Å². The summed E-state index contributed by atoms with van der Waals surface area (Å²) >= 11 is 0. The molecule has 10 rings (SSSR count). The van der Waals surface area contributed by atoms with Crippen LogP contribution in [-0.4, -0.2) is 11.3 Å². The molecule has 2 aliphatic heterocycles. The Morgan fingerprint density at radius 2 is 0.962 bits per heavy atom. The van der Waals surface area contributed by atoms with Gasteiger partial charge in [-0.25, -0.2) is 0 Å². The zero-order chi connectivity index (χ0) is 36.0. The van der Waals surface area contributed by atoms with Crippen molar-refractivity contribution >= 4 is 79.0 Å². The van der Waals surface area contributed by atoms with Gasteiger partial charge in [-0.1, -0.05) is 120 Å². The van der Waals surface area contributed by atoms with Gasteiger partial charge in [-0.3, -0.25) is 0 Å². The highest BCUT2D eigenvalue weighted by Gasteiger charge is 2.43. The molecule has 4 heteroatoms. The van der Waals surface area contributed by atoms with Gasteiger partial charge in [-0.2, -0.15) is 0 Å². The summed E-state index contributed by atoms with van der Waals surface area (Å²) in [4.78, 5) is 4.99. The van der Waals surface area contributed by atoms with E-state index in [2.05, 4.69) is 207 Å². The minimum atomic E-state index is 0.0381. The standard InChI is InChI=1S/C49H42BN3/c1-32(2)33-24-26-42-38(28-33)39-29-34(49(3,4)5)25-27-43(39)53(42)37-30-46-48-47(31-37)52(36-18-10-7-11-19-36)45-23-15-13-21-41(45)50(48)40-20-12-14-22-44(40)51(46)35-16-8-6-9-17-35/h6-32H,1-5H3. The Morgan fingerprint density at radius 3 is 1.49 bits per heavy atom. The molecule has 0 unspecified atom stereocenters. The molecule has 0 spiro atoms. The minimum Gasteiger partial charge on any atom is -0.311 e. The third kappa shape index (κ3) is 4.82. The molecule has 8 aromatic rings. The van der Waals surface area contributed by atoms with E-state index in [1.54, 1.807) is 0 Å². The van der Waals surface area contributed by atoms with Crippen LogP contribution in [0.15, 0.2) is 158 Å². The Kier molecular flexibility index (Phi) is 7.04. The number of benzene rings is 7.